The van der Waals surface area contributed by atoms with Crippen molar-refractivity contribution in [2.24, 2.45) is 5.41 Å². The van der Waals surface area contributed by atoms with Crippen molar-refractivity contribution in [1.82, 2.24) is 0 Å². The highest BCUT2D eigenvalue weighted by Gasteiger charge is 2.25. The summed E-state index contributed by atoms with van der Waals surface area (Å²) in [6, 6.07) is 0. The van der Waals surface area contributed by atoms with Crippen LogP contribution in [0.15, 0.2) is 0 Å². The van der Waals surface area contributed by atoms with E-state index in [9.17, 15) is 5.11 Å². The van der Waals surface area contributed by atoms with Crippen molar-refractivity contribution in [3.05, 3.63) is 0 Å². The molecule has 0 saturated heterocycles. The van der Waals surface area contributed by atoms with Gasteiger partial charge in [0.1, 0.15) is 0 Å². The summed E-state index contributed by atoms with van der Waals surface area (Å²) in [6.07, 6.45) is 5.57. The van der Waals surface area contributed by atoms with Crippen molar-refractivity contribution >= 4 is 0 Å². The van der Waals surface area contributed by atoms with Crippen LogP contribution in [0.4, 0.5) is 0 Å². The van der Waals surface area contributed by atoms with Crippen LogP contribution < -0.4 is 0 Å². The van der Waals surface area contributed by atoms with Gasteiger partial charge in [-0.2, -0.15) is 0 Å². The number of ether oxygens (including phenoxy) is 1. The van der Waals surface area contributed by atoms with E-state index in [4.69, 9.17) is 4.74 Å². The van der Waals surface area contributed by atoms with Gasteiger partial charge < -0.3 is 9.84 Å². The summed E-state index contributed by atoms with van der Waals surface area (Å²) in [4.78, 5) is 0. The second-order valence-corrected chi connectivity index (χ2v) is 3.86. The number of unbranched alkanes of at least 4 members (excludes halogenated alkanes) is 1. The van der Waals surface area contributed by atoms with Crippen LogP contribution in [0, 0.1) is 5.41 Å². The van der Waals surface area contributed by atoms with Gasteiger partial charge in [0, 0.05) is 20.3 Å². The molecule has 0 aromatic rings. The molecule has 0 radical (unpaired) electrons. The number of rotatable bonds is 8. The lowest BCUT2D eigenvalue weighted by Gasteiger charge is -2.30. The van der Waals surface area contributed by atoms with Gasteiger partial charge in [-0.05, 0) is 24.7 Å². The normalized spacial score (nSPS) is 15.7. The maximum atomic E-state index is 9.37. The van der Waals surface area contributed by atoms with Crippen LogP contribution in [-0.2, 0) is 4.74 Å². The first kappa shape index (κ1) is 12.9. The van der Waals surface area contributed by atoms with Crippen molar-refractivity contribution in [2.45, 2.75) is 46.0 Å². The van der Waals surface area contributed by atoms with E-state index in [1.165, 1.54) is 12.8 Å². The zero-order valence-corrected chi connectivity index (χ0v) is 9.31. The molecule has 0 aromatic heterocycles. The molecule has 2 nitrogen and oxygen atoms in total. The molecule has 1 atom stereocenters. The van der Waals surface area contributed by atoms with Gasteiger partial charge in [-0.25, -0.2) is 0 Å². The number of hydrogen-bond donors (Lipinski definition) is 1. The predicted molar refractivity (Wildman–Crippen MR) is 55.8 cm³/mol. The Labute approximate surface area is 82.3 Å². The molecular formula is C11H24O2. The van der Waals surface area contributed by atoms with Gasteiger partial charge in [-0.1, -0.05) is 26.7 Å². The molecule has 13 heavy (non-hydrogen) atoms. The van der Waals surface area contributed by atoms with Crippen LogP contribution in [0.25, 0.3) is 0 Å². The van der Waals surface area contributed by atoms with Gasteiger partial charge in [0.15, 0.2) is 0 Å². The molecule has 0 aliphatic heterocycles. The van der Waals surface area contributed by atoms with E-state index < -0.39 is 0 Å². The van der Waals surface area contributed by atoms with Crippen LogP contribution in [-0.4, -0.2) is 25.4 Å². The minimum atomic E-state index is 0.117. The largest absolute Gasteiger partial charge is 0.396 e. The zero-order chi connectivity index (χ0) is 10.2. The highest BCUT2D eigenvalue weighted by atomic mass is 16.5. The Morgan fingerprint density at radius 1 is 1.23 bits per heavy atom. The summed E-state index contributed by atoms with van der Waals surface area (Å²) in [5.74, 6) is 0. The summed E-state index contributed by atoms with van der Waals surface area (Å²) in [7, 11) is 1.72. The Hall–Kier alpha value is -0.0800. The van der Waals surface area contributed by atoms with E-state index in [1.54, 1.807) is 7.11 Å². The molecule has 0 spiro atoms. The SMILES string of the molecule is CCCCC(CC)(CO)CCOC. The standard InChI is InChI=1S/C11H24O2/c1-4-6-7-11(5-2,10-12)8-9-13-3/h12H,4-10H2,1-3H3. The van der Waals surface area contributed by atoms with E-state index in [-0.39, 0.29) is 5.41 Å². The first-order valence-electron chi connectivity index (χ1n) is 5.34. The Morgan fingerprint density at radius 3 is 2.31 bits per heavy atom. The molecule has 0 amide bonds. The summed E-state index contributed by atoms with van der Waals surface area (Å²) in [5.41, 5.74) is 0.117. The monoisotopic (exact) mass is 188 g/mol. The summed E-state index contributed by atoms with van der Waals surface area (Å²) in [5, 5.41) is 9.37. The van der Waals surface area contributed by atoms with E-state index >= 15 is 0 Å². The molecule has 0 saturated carbocycles. The fraction of sp³-hybridized carbons (Fsp3) is 1.00. The fourth-order valence-electron chi connectivity index (χ4n) is 1.62. The quantitative estimate of drug-likeness (QED) is 0.634. The molecule has 0 rings (SSSR count). The molecule has 0 aromatic carbocycles. The Morgan fingerprint density at radius 2 is 1.92 bits per heavy atom. The third-order valence-corrected chi connectivity index (χ3v) is 2.98. The Balaban J connectivity index is 3.97. The average molecular weight is 188 g/mol. The van der Waals surface area contributed by atoms with Crippen LogP contribution in [0.1, 0.15) is 46.0 Å². The van der Waals surface area contributed by atoms with Crippen molar-refractivity contribution in [2.75, 3.05) is 20.3 Å². The lowest BCUT2D eigenvalue weighted by atomic mass is 9.78. The predicted octanol–water partition coefficient (Wildman–Crippen LogP) is 2.60. The maximum Gasteiger partial charge on any atom is 0.0488 e. The van der Waals surface area contributed by atoms with Gasteiger partial charge >= 0.3 is 0 Å². The second kappa shape index (κ2) is 7.34. The van der Waals surface area contributed by atoms with E-state index in [1.807, 2.05) is 0 Å². The van der Waals surface area contributed by atoms with Crippen LogP contribution >= 0.6 is 0 Å². The molecular weight excluding hydrogens is 164 g/mol. The smallest absolute Gasteiger partial charge is 0.0488 e. The van der Waals surface area contributed by atoms with E-state index in [2.05, 4.69) is 13.8 Å². The van der Waals surface area contributed by atoms with Crippen LogP contribution in [0.5, 0.6) is 0 Å². The lowest BCUT2D eigenvalue weighted by molar-refractivity contribution is 0.0629. The van der Waals surface area contributed by atoms with Crippen LogP contribution in [0.3, 0.4) is 0 Å². The number of aliphatic hydroxyl groups is 1. The minimum Gasteiger partial charge on any atom is -0.396 e. The van der Waals surface area contributed by atoms with Gasteiger partial charge in [-0.15, -0.1) is 0 Å². The minimum absolute atomic E-state index is 0.117. The molecule has 1 N–H and O–H groups in total. The zero-order valence-electron chi connectivity index (χ0n) is 9.31. The highest BCUT2D eigenvalue weighted by Crippen LogP contribution is 2.32. The molecule has 0 heterocycles. The maximum absolute atomic E-state index is 9.37. The van der Waals surface area contributed by atoms with Crippen molar-refractivity contribution in [3.8, 4) is 0 Å². The fourth-order valence-corrected chi connectivity index (χ4v) is 1.62. The molecule has 0 fully saturated rings. The summed E-state index contributed by atoms with van der Waals surface area (Å²) < 4.78 is 5.07. The number of aliphatic hydroxyl groups excluding tert-OH is 1. The van der Waals surface area contributed by atoms with E-state index in [0.717, 1.165) is 25.9 Å². The van der Waals surface area contributed by atoms with Gasteiger partial charge in [-0.3, -0.25) is 0 Å². The average Bonchev–Trinajstić information content (AvgIpc) is 2.20. The third-order valence-electron chi connectivity index (χ3n) is 2.98. The molecule has 0 aliphatic rings. The van der Waals surface area contributed by atoms with Gasteiger partial charge in [0.05, 0.1) is 0 Å². The van der Waals surface area contributed by atoms with Crippen molar-refractivity contribution in [1.29, 1.82) is 0 Å². The summed E-state index contributed by atoms with van der Waals surface area (Å²) in [6.45, 7) is 5.40. The lowest BCUT2D eigenvalue weighted by Crippen LogP contribution is -2.26. The molecule has 1 unspecified atom stereocenters. The molecule has 2 heteroatoms. The first-order chi connectivity index (χ1) is 6.24. The van der Waals surface area contributed by atoms with Crippen molar-refractivity contribution in [3.63, 3.8) is 0 Å². The molecule has 0 aliphatic carbocycles. The van der Waals surface area contributed by atoms with Crippen molar-refractivity contribution < 1.29 is 9.84 Å². The van der Waals surface area contributed by atoms with Gasteiger partial charge in [0.2, 0.25) is 0 Å². The Kier molecular flexibility index (Phi) is 7.29. The number of methoxy groups -OCH3 is 1. The van der Waals surface area contributed by atoms with Crippen LogP contribution in [0.2, 0.25) is 0 Å². The first-order valence-corrected chi connectivity index (χ1v) is 5.34. The third kappa shape index (κ3) is 4.63. The topological polar surface area (TPSA) is 29.5 Å². The molecule has 0 bridgehead atoms. The summed E-state index contributed by atoms with van der Waals surface area (Å²) >= 11 is 0. The molecule has 80 valence electrons. The second-order valence-electron chi connectivity index (χ2n) is 3.86. The van der Waals surface area contributed by atoms with E-state index in [0.29, 0.717) is 6.61 Å². The Bertz CT molecular complexity index is 98.7. The number of hydrogen-bond acceptors (Lipinski definition) is 2. The highest BCUT2D eigenvalue weighted by molar-refractivity contribution is 4.76. The van der Waals surface area contributed by atoms with Gasteiger partial charge in [0.25, 0.3) is 0 Å².